The summed E-state index contributed by atoms with van der Waals surface area (Å²) >= 11 is 2.06. The smallest absolute Gasteiger partial charge is 0.174 e. The van der Waals surface area contributed by atoms with Crippen LogP contribution in [0.2, 0.25) is 0 Å². The Morgan fingerprint density at radius 2 is 1.96 bits per heavy atom. The van der Waals surface area contributed by atoms with Crippen molar-refractivity contribution in [1.82, 2.24) is 14.8 Å². The lowest BCUT2D eigenvalue weighted by Crippen LogP contribution is -2.02. The molecule has 0 aliphatic rings. The standard InChI is InChI=1S/C20H20IN3O3/c1-3-10-24-20(14-6-4-5-7-16(14)25)22-18(23-24)9-8-13-11-15(21)19(26)17(12-13)27-2/h4-9,11-12,25-26H,3,10H2,1-2H3/b9-8+. The first-order valence-electron chi connectivity index (χ1n) is 8.51. The fourth-order valence-electron chi connectivity index (χ4n) is 2.68. The first-order chi connectivity index (χ1) is 13.0. The molecule has 3 rings (SSSR count). The van der Waals surface area contributed by atoms with Crippen LogP contribution in [-0.2, 0) is 6.54 Å². The maximum Gasteiger partial charge on any atom is 0.174 e. The van der Waals surface area contributed by atoms with Gasteiger partial charge in [-0.2, -0.15) is 5.10 Å². The third kappa shape index (κ3) is 4.24. The molecule has 0 spiro atoms. The molecule has 0 amide bonds. The molecule has 6 nitrogen and oxygen atoms in total. The maximum atomic E-state index is 10.2. The number of benzene rings is 2. The molecule has 1 heterocycles. The van der Waals surface area contributed by atoms with Gasteiger partial charge in [0.05, 0.1) is 16.2 Å². The highest BCUT2D eigenvalue weighted by atomic mass is 127. The van der Waals surface area contributed by atoms with Gasteiger partial charge in [-0.1, -0.05) is 25.1 Å². The van der Waals surface area contributed by atoms with E-state index in [9.17, 15) is 10.2 Å². The molecule has 0 bridgehead atoms. The van der Waals surface area contributed by atoms with Crippen molar-refractivity contribution in [3.8, 4) is 28.6 Å². The summed E-state index contributed by atoms with van der Waals surface area (Å²) in [4.78, 5) is 4.58. The summed E-state index contributed by atoms with van der Waals surface area (Å²) in [6.07, 6.45) is 4.57. The van der Waals surface area contributed by atoms with Gasteiger partial charge in [0.15, 0.2) is 23.1 Å². The van der Waals surface area contributed by atoms with E-state index in [4.69, 9.17) is 4.74 Å². The number of ether oxygens (including phenoxy) is 1. The number of para-hydroxylation sites is 1. The Morgan fingerprint density at radius 1 is 1.19 bits per heavy atom. The van der Waals surface area contributed by atoms with Gasteiger partial charge in [-0.3, -0.25) is 0 Å². The van der Waals surface area contributed by atoms with Gasteiger partial charge in [-0.15, -0.1) is 0 Å². The average Bonchev–Trinajstić information content (AvgIpc) is 3.06. The summed E-state index contributed by atoms with van der Waals surface area (Å²) in [5.74, 6) is 1.90. The van der Waals surface area contributed by atoms with Gasteiger partial charge in [-0.25, -0.2) is 9.67 Å². The van der Waals surface area contributed by atoms with Crippen LogP contribution < -0.4 is 4.74 Å². The normalized spacial score (nSPS) is 11.2. The lowest BCUT2D eigenvalue weighted by atomic mass is 10.2. The molecule has 0 atom stereocenters. The molecule has 0 aliphatic heterocycles. The Balaban J connectivity index is 1.96. The van der Waals surface area contributed by atoms with Crippen LogP contribution in [0.15, 0.2) is 36.4 Å². The highest BCUT2D eigenvalue weighted by Gasteiger charge is 2.13. The van der Waals surface area contributed by atoms with E-state index in [-0.39, 0.29) is 11.5 Å². The van der Waals surface area contributed by atoms with E-state index in [1.807, 2.05) is 24.3 Å². The largest absolute Gasteiger partial charge is 0.507 e. The monoisotopic (exact) mass is 477 g/mol. The van der Waals surface area contributed by atoms with E-state index < -0.39 is 0 Å². The van der Waals surface area contributed by atoms with Gasteiger partial charge in [0.25, 0.3) is 0 Å². The van der Waals surface area contributed by atoms with E-state index in [1.165, 1.54) is 7.11 Å². The number of aryl methyl sites for hydroxylation is 1. The number of phenols is 2. The molecule has 0 saturated heterocycles. The predicted octanol–water partition coefficient (Wildman–Crippen LogP) is 4.55. The minimum absolute atomic E-state index is 0.127. The zero-order valence-electron chi connectivity index (χ0n) is 15.1. The summed E-state index contributed by atoms with van der Waals surface area (Å²) in [6.45, 7) is 2.77. The summed E-state index contributed by atoms with van der Waals surface area (Å²) in [7, 11) is 1.52. The van der Waals surface area contributed by atoms with Gasteiger partial charge in [0, 0.05) is 6.54 Å². The summed E-state index contributed by atoms with van der Waals surface area (Å²) < 4.78 is 7.69. The van der Waals surface area contributed by atoms with Crippen molar-refractivity contribution in [2.75, 3.05) is 7.11 Å². The van der Waals surface area contributed by atoms with E-state index in [0.29, 0.717) is 33.1 Å². The first kappa shape index (κ1) is 19.2. The lowest BCUT2D eigenvalue weighted by molar-refractivity contribution is 0.371. The third-order valence-corrected chi connectivity index (χ3v) is 4.79. The van der Waals surface area contributed by atoms with Crippen LogP contribution in [0.1, 0.15) is 24.7 Å². The number of hydrogen-bond acceptors (Lipinski definition) is 5. The van der Waals surface area contributed by atoms with Crippen LogP contribution >= 0.6 is 22.6 Å². The minimum Gasteiger partial charge on any atom is -0.507 e. The van der Waals surface area contributed by atoms with Crippen molar-refractivity contribution in [1.29, 1.82) is 0 Å². The molecule has 1 aromatic heterocycles. The second kappa shape index (κ2) is 8.43. The van der Waals surface area contributed by atoms with Crippen molar-refractivity contribution < 1.29 is 14.9 Å². The number of aromatic hydroxyl groups is 2. The Morgan fingerprint density at radius 3 is 2.67 bits per heavy atom. The maximum absolute atomic E-state index is 10.2. The molecular formula is C20H20IN3O3. The second-order valence-corrected chi connectivity index (χ2v) is 7.08. The van der Waals surface area contributed by atoms with Crippen molar-refractivity contribution >= 4 is 34.7 Å². The molecule has 0 fully saturated rings. The molecule has 2 N–H and O–H groups in total. The van der Waals surface area contributed by atoms with Crippen molar-refractivity contribution in [3.05, 3.63) is 51.4 Å². The van der Waals surface area contributed by atoms with Crippen LogP contribution in [0, 0.1) is 3.57 Å². The number of phenolic OH excluding ortho intramolecular Hbond substituents is 2. The fraction of sp³-hybridized carbons (Fsp3) is 0.200. The molecular weight excluding hydrogens is 457 g/mol. The third-order valence-electron chi connectivity index (χ3n) is 3.96. The summed E-state index contributed by atoms with van der Waals surface area (Å²) in [5.41, 5.74) is 1.52. The number of hydrogen-bond donors (Lipinski definition) is 2. The topological polar surface area (TPSA) is 80.4 Å². The lowest BCUT2D eigenvalue weighted by Gasteiger charge is -2.06. The van der Waals surface area contributed by atoms with Crippen LogP contribution in [0.25, 0.3) is 23.5 Å². The number of nitrogens with zero attached hydrogens (tertiary/aromatic N) is 3. The number of methoxy groups -OCH3 is 1. The molecule has 0 aliphatic carbocycles. The van der Waals surface area contributed by atoms with Crippen LogP contribution in [-0.4, -0.2) is 32.1 Å². The number of aromatic nitrogens is 3. The van der Waals surface area contributed by atoms with E-state index in [1.54, 1.807) is 29.0 Å². The van der Waals surface area contributed by atoms with E-state index in [0.717, 1.165) is 12.0 Å². The van der Waals surface area contributed by atoms with Gasteiger partial charge >= 0.3 is 0 Å². The SMILES string of the molecule is CCCn1nc(/C=C/c2cc(I)c(O)c(OC)c2)nc1-c1ccccc1O. The highest BCUT2D eigenvalue weighted by Crippen LogP contribution is 2.33. The zero-order chi connectivity index (χ0) is 19.4. The van der Waals surface area contributed by atoms with Crippen molar-refractivity contribution in [2.45, 2.75) is 19.9 Å². The molecule has 3 aromatic rings. The predicted molar refractivity (Wildman–Crippen MR) is 114 cm³/mol. The molecule has 27 heavy (non-hydrogen) atoms. The first-order valence-corrected chi connectivity index (χ1v) is 9.59. The highest BCUT2D eigenvalue weighted by molar-refractivity contribution is 14.1. The van der Waals surface area contributed by atoms with E-state index >= 15 is 0 Å². The van der Waals surface area contributed by atoms with Gasteiger partial charge in [0.2, 0.25) is 0 Å². The van der Waals surface area contributed by atoms with Gasteiger partial charge in [0.1, 0.15) is 5.75 Å². The Hall–Kier alpha value is -2.55. The molecule has 0 saturated carbocycles. The molecule has 0 radical (unpaired) electrons. The Labute approximate surface area is 171 Å². The molecule has 0 unspecified atom stereocenters. The van der Waals surface area contributed by atoms with Crippen LogP contribution in [0.4, 0.5) is 0 Å². The van der Waals surface area contributed by atoms with E-state index in [2.05, 4.69) is 39.6 Å². The number of rotatable bonds is 6. The summed E-state index contributed by atoms with van der Waals surface area (Å²) in [5, 5.41) is 24.6. The number of halogens is 1. The van der Waals surface area contributed by atoms with Crippen LogP contribution in [0.5, 0.6) is 17.2 Å². The van der Waals surface area contributed by atoms with Crippen molar-refractivity contribution in [2.24, 2.45) is 0 Å². The molecule has 7 heteroatoms. The van der Waals surface area contributed by atoms with Crippen LogP contribution in [0.3, 0.4) is 0 Å². The molecule has 140 valence electrons. The summed E-state index contributed by atoms with van der Waals surface area (Å²) in [6, 6.07) is 10.7. The fourth-order valence-corrected chi connectivity index (χ4v) is 3.30. The Bertz CT molecular complexity index is 983. The van der Waals surface area contributed by atoms with Crippen molar-refractivity contribution in [3.63, 3.8) is 0 Å². The van der Waals surface area contributed by atoms with Gasteiger partial charge in [-0.05, 0) is 64.9 Å². The Kier molecular flexibility index (Phi) is 6.00. The minimum atomic E-state index is 0.127. The average molecular weight is 477 g/mol. The second-order valence-electron chi connectivity index (χ2n) is 5.92. The zero-order valence-corrected chi connectivity index (χ0v) is 17.2. The molecule has 2 aromatic carbocycles. The van der Waals surface area contributed by atoms with Gasteiger partial charge < -0.3 is 14.9 Å². The quantitative estimate of drug-likeness (QED) is 0.510.